The fourth-order valence-corrected chi connectivity index (χ4v) is 2.24. The summed E-state index contributed by atoms with van der Waals surface area (Å²) in [6.45, 7) is 8.19. The van der Waals surface area contributed by atoms with Crippen LogP contribution in [-0.4, -0.2) is 36.3 Å². The average Bonchev–Trinajstić information content (AvgIpc) is 2.44. The van der Waals surface area contributed by atoms with E-state index in [-0.39, 0.29) is 0 Å². The second-order valence-electron chi connectivity index (χ2n) is 4.42. The second-order valence-corrected chi connectivity index (χ2v) is 4.42. The zero-order chi connectivity index (χ0) is 13.7. The molecular weight excluding hydrogens is 236 g/mol. The predicted octanol–water partition coefficient (Wildman–Crippen LogP) is 2.74. The lowest BCUT2D eigenvalue weighted by Gasteiger charge is -2.32. The summed E-state index contributed by atoms with van der Waals surface area (Å²) in [6, 6.07) is 10.2. The first kappa shape index (κ1) is 13.3. The Kier molecular flexibility index (Phi) is 4.34. The number of amidine groups is 1. The summed E-state index contributed by atoms with van der Waals surface area (Å²) in [4.78, 5) is 8.53. The fraction of sp³-hybridized carbons (Fsp3) is 0.333. The minimum absolute atomic E-state index is 0.329. The molecule has 0 saturated carbocycles. The number of rotatable bonds is 4. The molecule has 1 aliphatic rings. The van der Waals surface area contributed by atoms with E-state index in [1.54, 1.807) is 0 Å². The molecule has 19 heavy (non-hydrogen) atoms. The lowest BCUT2D eigenvalue weighted by atomic mass is 10.2. The van der Waals surface area contributed by atoms with Crippen molar-refractivity contribution in [2.75, 3.05) is 24.5 Å². The van der Waals surface area contributed by atoms with Gasteiger partial charge in [0.25, 0.3) is 0 Å². The summed E-state index contributed by atoms with van der Waals surface area (Å²) in [6.07, 6.45) is 2.67. The standard InChI is InChI=1S/C15H20N4/c1-3-11-18-12-10-14(17-15(18)16)19(4-2)13-8-6-5-7-9-13/h3,5-9,16H,1,4,10-12H2,2H3. The van der Waals surface area contributed by atoms with Gasteiger partial charge in [-0.2, -0.15) is 0 Å². The Labute approximate surface area is 114 Å². The van der Waals surface area contributed by atoms with Crippen LogP contribution in [0.25, 0.3) is 0 Å². The number of para-hydroxylation sites is 1. The van der Waals surface area contributed by atoms with Gasteiger partial charge in [0.05, 0.1) is 0 Å². The van der Waals surface area contributed by atoms with Gasteiger partial charge in [-0.3, -0.25) is 5.41 Å². The number of benzene rings is 1. The quantitative estimate of drug-likeness (QED) is 0.842. The highest BCUT2D eigenvalue weighted by Gasteiger charge is 2.20. The number of hydrogen-bond acceptors (Lipinski definition) is 2. The van der Waals surface area contributed by atoms with Crippen molar-refractivity contribution in [1.82, 2.24) is 4.90 Å². The lowest BCUT2D eigenvalue weighted by molar-refractivity contribution is 0.456. The Balaban J connectivity index is 2.19. The zero-order valence-corrected chi connectivity index (χ0v) is 11.3. The molecule has 0 atom stereocenters. The fourth-order valence-electron chi connectivity index (χ4n) is 2.24. The van der Waals surface area contributed by atoms with Gasteiger partial charge in [0.15, 0.2) is 0 Å². The Hall–Kier alpha value is -2.10. The molecule has 0 amide bonds. The van der Waals surface area contributed by atoms with Crippen LogP contribution in [0.4, 0.5) is 5.69 Å². The Morgan fingerprint density at radius 3 is 2.74 bits per heavy atom. The van der Waals surface area contributed by atoms with Crippen molar-refractivity contribution < 1.29 is 0 Å². The van der Waals surface area contributed by atoms with Crippen molar-refractivity contribution in [3.8, 4) is 0 Å². The van der Waals surface area contributed by atoms with Crippen LogP contribution in [0.3, 0.4) is 0 Å². The molecule has 1 aromatic rings. The molecule has 1 N–H and O–H groups in total. The number of nitrogens with one attached hydrogen (secondary N) is 1. The molecule has 0 bridgehead atoms. The first-order chi connectivity index (χ1) is 9.26. The maximum atomic E-state index is 7.97. The third-order valence-corrected chi connectivity index (χ3v) is 3.18. The van der Waals surface area contributed by atoms with Crippen LogP contribution in [-0.2, 0) is 0 Å². The summed E-state index contributed by atoms with van der Waals surface area (Å²) < 4.78 is 0. The maximum absolute atomic E-state index is 7.97. The smallest absolute Gasteiger partial charge is 0.219 e. The van der Waals surface area contributed by atoms with Gasteiger partial charge in [0.2, 0.25) is 5.96 Å². The van der Waals surface area contributed by atoms with E-state index in [4.69, 9.17) is 5.41 Å². The summed E-state index contributed by atoms with van der Waals surface area (Å²) in [5.41, 5.74) is 1.13. The van der Waals surface area contributed by atoms with Crippen LogP contribution in [0, 0.1) is 5.41 Å². The Bertz CT molecular complexity index is 478. The van der Waals surface area contributed by atoms with E-state index in [2.05, 4.69) is 35.5 Å². The van der Waals surface area contributed by atoms with Crippen molar-refractivity contribution in [2.45, 2.75) is 13.3 Å². The molecular formula is C15H20N4. The van der Waals surface area contributed by atoms with Gasteiger partial charge in [0.1, 0.15) is 5.84 Å². The lowest BCUT2D eigenvalue weighted by Crippen LogP contribution is -2.42. The van der Waals surface area contributed by atoms with Crippen molar-refractivity contribution in [1.29, 1.82) is 5.41 Å². The summed E-state index contributed by atoms with van der Waals surface area (Å²) >= 11 is 0. The number of hydrogen-bond donors (Lipinski definition) is 1. The first-order valence-electron chi connectivity index (χ1n) is 6.60. The molecule has 0 spiro atoms. The summed E-state index contributed by atoms with van der Waals surface area (Å²) in [5, 5.41) is 7.97. The Morgan fingerprint density at radius 1 is 1.42 bits per heavy atom. The van der Waals surface area contributed by atoms with Gasteiger partial charge >= 0.3 is 0 Å². The Morgan fingerprint density at radius 2 is 2.16 bits per heavy atom. The molecule has 100 valence electrons. The number of aliphatic imine (C=N–C) groups is 1. The predicted molar refractivity (Wildman–Crippen MR) is 81.0 cm³/mol. The van der Waals surface area contributed by atoms with E-state index in [1.165, 1.54) is 0 Å². The summed E-state index contributed by atoms with van der Waals surface area (Å²) in [5.74, 6) is 1.30. The minimum Gasteiger partial charge on any atom is -0.337 e. The monoisotopic (exact) mass is 256 g/mol. The van der Waals surface area contributed by atoms with Gasteiger partial charge in [0, 0.05) is 31.7 Å². The average molecular weight is 256 g/mol. The van der Waals surface area contributed by atoms with Crippen LogP contribution in [0.2, 0.25) is 0 Å². The molecule has 0 fully saturated rings. The van der Waals surface area contributed by atoms with Crippen molar-refractivity contribution in [2.24, 2.45) is 4.99 Å². The third-order valence-electron chi connectivity index (χ3n) is 3.18. The van der Waals surface area contributed by atoms with Gasteiger partial charge in [-0.25, -0.2) is 4.99 Å². The highest BCUT2D eigenvalue weighted by molar-refractivity contribution is 6.05. The molecule has 1 heterocycles. The molecule has 1 aliphatic heterocycles. The van der Waals surface area contributed by atoms with E-state index in [0.717, 1.165) is 31.0 Å². The first-order valence-corrected chi connectivity index (χ1v) is 6.60. The third kappa shape index (κ3) is 3.02. The normalized spacial score (nSPS) is 15.1. The van der Waals surface area contributed by atoms with Crippen molar-refractivity contribution in [3.05, 3.63) is 43.0 Å². The molecule has 4 nitrogen and oxygen atoms in total. The van der Waals surface area contributed by atoms with E-state index >= 15 is 0 Å². The van der Waals surface area contributed by atoms with Gasteiger partial charge in [-0.05, 0) is 19.1 Å². The van der Waals surface area contributed by atoms with E-state index in [1.807, 2.05) is 29.2 Å². The van der Waals surface area contributed by atoms with Crippen molar-refractivity contribution >= 4 is 17.5 Å². The number of nitrogens with zero attached hydrogens (tertiary/aromatic N) is 3. The van der Waals surface area contributed by atoms with Gasteiger partial charge in [-0.1, -0.05) is 24.3 Å². The summed E-state index contributed by atoms with van der Waals surface area (Å²) in [7, 11) is 0. The van der Waals surface area contributed by atoms with Crippen LogP contribution >= 0.6 is 0 Å². The molecule has 0 aliphatic carbocycles. The molecule has 2 rings (SSSR count). The second kappa shape index (κ2) is 6.18. The van der Waals surface area contributed by atoms with Crippen LogP contribution in [0.1, 0.15) is 13.3 Å². The van der Waals surface area contributed by atoms with Crippen molar-refractivity contribution in [3.63, 3.8) is 0 Å². The molecule has 0 saturated heterocycles. The van der Waals surface area contributed by atoms with Gasteiger partial charge < -0.3 is 9.80 Å². The highest BCUT2D eigenvalue weighted by atomic mass is 15.3. The molecule has 0 unspecified atom stereocenters. The topological polar surface area (TPSA) is 42.7 Å². The van der Waals surface area contributed by atoms with Crippen LogP contribution in [0.5, 0.6) is 0 Å². The van der Waals surface area contributed by atoms with E-state index in [0.29, 0.717) is 12.5 Å². The van der Waals surface area contributed by atoms with E-state index in [9.17, 15) is 0 Å². The van der Waals surface area contributed by atoms with Gasteiger partial charge in [-0.15, -0.1) is 6.58 Å². The zero-order valence-electron chi connectivity index (χ0n) is 11.3. The number of guanidine groups is 1. The molecule has 0 aromatic heterocycles. The molecule has 1 aromatic carbocycles. The highest BCUT2D eigenvalue weighted by Crippen LogP contribution is 2.17. The maximum Gasteiger partial charge on any atom is 0.219 e. The van der Waals surface area contributed by atoms with Crippen LogP contribution < -0.4 is 4.90 Å². The minimum atomic E-state index is 0.329. The largest absolute Gasteiger partial charge is 0.337 e. The SMILES string of the molecule is C=CCN1CCC(N(CC)c2ccccc2)=NC1=N. The number of anilines is 1. The molecule has 0 radical (unpaired) electrons. The van der Waals surface area contributed by atoms with E-state index < -0.39 is 0 Å². The molecule has 4 heteroatoms. The van der Waals surface area contributed by atoms with Crippen LogP contribution in [0.15, 0.2) is 48.0 Å².